The molecule has 2 aromatic rings. The lowest BCUT2D eigenvalue weighted by Gasteiger charge is -2.30. The number of hydrogen-bond donors (Lipinski definition) is 2. The first-order valence-corrected chi connectivity index (χ1v) is 12.0. The van der Waals surface area contributed by atoms with E-state index in [1.54, 1.807) is 12.1 Å². The van der Waals surface area contributed by atoms with E-state index in [9.17, 15) is 15.2 Å². The lowest BCUT2D eigenvalue weighted by Crippen LogP contribution is -2.46. The normalized spacial score (nSPS) is 14.3. The molecule has 0 aromatic heterocycles. The SMILES string of the molecule is COC(=O)CCCc1cccc(C#N)c1OC[C@@H](O)CNC(C)(C)CC1Cc2ccccc2C1. The van der Waals surface area contributed by atoms with E-state index in [1.165, 1.54) is 18.2 Å². The van der Waals surface area contributed by atoms with E-state index in [2.05, 4.69) is 49.5 Å². The fourth-order valence-corrected chi connectivity index (χ4v) is 4.79. The van der Waals surface area contributed by atoms with E-state index in [0.29, 0.717) is 43.0 Å². The highest BCUT2D eigenvalue weighted by Gasteiger charge is 2.28. The second kappa shape index (κ2) is 12.0. The number of methoxy groups -OCH3 is 1. The van der Waals surface area contributed by atoms with Gasteiger partial charge in [0.2, 0.25) is 0 Å². The van der Waals surface area contributed by atoms with Gasteiger partial charge >= 0.3 is 5.97 Å². The number of benzene rings is 2. The summed E-state index contributed by atoms with van der Waals surface area (Å²) in [5.74, 6) is 0.824. The van der Waals surface area contributed by atoms with Crippen LogP contribution in [0.25, 0.3) is 0 Å². The number of nitrogens with one attached hydrogen (secondary N) is 1. The Labute approximate surface area is 202 Å². The predicted molar refractivity (Wildman–Crippen MR) is 132 cm³/mol. The molecule has 0 amide bonds. The number of para-hydroxylation sites is 1. The number of aryl methyl sites for hydroxylation is 1. The Bertz CT molecular complexity index is 987. The molecule has 6 nitrogen and oxygen atoms in total. The Hall–Kier alpha value is -2.88. The number of carbonyl (C=O) groups excluding carboxylic acids is 1. The smallest absolute Gasteiger partial charge is 0.305 e. The lowest BCUT2D eigenvalue weighted by molar-refractivity contribution is -0.140. The number of nitriles is 1. The van der Waals surface area contributed by atoms with E-state index in [0.717, 1.165) is 24.8 Å². The fourth-order valence-electron chi connectivity index (χ4n) is 4.79. The van der Waals surface area contributed by atoms with Gasteiger partial charge in [-0.25, -0.2) is 0 Å². The zero-order chi connectivity index (χ0) is 24.6. The average Bonchev–Trinajstić information content (AvgIpc) is 3.23. The Morgan fingerprint density at radius 2 is 1.91 bits per heavy atom. The zero-order valence-corrected chi connectivity index (χ0v) is 20.5. The molecule has 0 aliphatic heterocycles. The molecule has 0 spiro atoms. The van der Waals surface area contributed by atoms with Crippen LogP contribution in [0.1, 0.15) is 55.4 Å². The molecule has 0 saturated carbocycles. The zero-order valence-electron chi connectivity index (χ0n) is 20.5. The Balaban J connectivity index is 1.49. The van der Waals surface area contributed by atoms with Crippen molar-refractivity contribution in [3.8, 4) is 11.8 Å². The number of carbonyl (C=O) groups is 1. The quantitative estimate of drug-likeness (QED) is 0.462. The van der Waals surface area contributed by atoms with Gasteiger partial charge in [-0.2, -0.15) is 5.26 Å². The largest absolute Gasteiger partial charge is 0.489 e. The summed E-state index contributed by atoms with van der Waals surface area (Å²) >= 11 is 0. The molecule has 0 radical (unpaired) electrons. The number of fused-ring (bicyclic) bond motifs is 1. The van der Waals surface area contributed by atoms with Crippen LogP contribution in [-0.2, 0) is 28.8 Å². The van der Waals surface area contributed by atoms with Gasteiger partial charge in [0.25, 0.3) is 0 Å². The minimum absolute atomic E-state index is 0.0840. The average molecular weight is 465 g/mol. The molecule has 182 valence electrons. The molecule has 1 aliphatic carbocycles. The Morgan fingerprint density at radius 1 is 1.21 bits per heavy atom. The van der Waals surface area contributed by atoms with Crippen molar-refractivity contribution in [2.24, 2.45) is 5.92 Å². The van der Waals surface area contributed by atoms with E-state index in [-0.39, 0.29) is 18.1 Å². The molecule has 0 bridgehead atoms. The van der Waals surface area contributed by atoms with Gasteiger partial charge in [-0.15, -0.1) is 0 Å². The van der Waals surface area contributed by atoms with Crippen molar-refractivity contribution in [1.82, 2.24) is 5.32 Å². The van der Waals surface area contributed by atoms with Gasteiger partial charge in [0, 0.05) is 18.5 Å². The van der Waals surface area contributed by atoms with E-state index >= 15 is 0 Å². The van der Waals surface area contributed by atoms with Crippen molar-refractivity contribution >= 4 is 5.97 Å². The van der Waals surface area contributed by atoms with Crippen LogP contribution in [0, 0.1) is 17.2 Å². The van der Waals surface area contributed by atoms with Gasteiger partial charge in [-0.3, -0.25) is 4.79 Å². The summed E-state index contributed by atoms with van der Waals surface area (Å²) in [6, 6.07) is 16.2. The molecular weight excluding hydrogens is 428 g/mol. The third-order valence-electron chi connectivity index (χ3n) is 6.44. The molecule has 2 aromatic carbocycles. The molecule has 3 rings (SSSR count). The molecule has 34 heavy (non-hydrogen) atoms. The number of ether oxygens (including phenoxy) is 2. The molecule has 1 aliphatic rings. The monoisotopic (exact) mass is 464 g/mol. The predicted octanol–water partition coefficient (Wildman–Crippen LogP) is 3.97. The molecule has 1 atom stereocenters. The van der Waals surface area contributed by atoms with Gasteiger partial charge in [0.1, 0.15) is 24.5 Å². The van der Waals surface area contributed by atoms with Gasteiger partial charge in [0.05, 0.1) is 12.7 Å². The van der Waals surface area contributed by atoms with Crippen molar-refractivity contribution in [2.75, 3.05) is 20.3 Å². The summed E-state index contributed by atoms with van der Waals surface area (Å²) in [5, 5.41) is 23.6. The maximum Gasteiger partial charge on any atom is 0.305 e. The third-order valence-corrected chi connectivity index (χ3v) is 6.44. The Morgan fingerprint density at radius 3 is 2.56 bits per heavy atom. The number of hydrogen-bond acceptors (Lipinski definition) is 6. The summed E-state index contributed by atoms with van der Waals surface area (Å²) in [5.41, 5.74) is 4.07. The number of aliphatic hydroxyl groups is 1. The summed E-state index contributed by atoms with van der Waals surface area (Å²) in [4.78, 5) is 11.4. The molecule has 0 unspecified atom stereocenters. The van der Waals surface area contributed by atoms with Crippen LogP contribution >= 0.6 is 0 Å². The fraction of sp³-hybridized carbons (Fsp3) is 0.500. The lowest BCUT2D eigenvalue weighted by atomic mass is 9.88. The van der Waals surface area contributed by atoms with Crippen molar-refractivity contribution < 1.29 is 19.4 Å². The van der Waals surface area contributed by atoms with Crippen LogP contribution in [-0.4, -0.2) is 43.0 Å². The van der Waals surface area contributed by atoms with Gasteiger partial charge in [-0.05, 0) is 74.6 Å². The standard InChI is InChI=1S/C28H36N2O4/c1-28(2,16-20-14-22-8-4-5-9-23(22)15-20)30-18-25(31)19-34-27-21(10-6-12-24(27)17-29)11-7-13-26(32)33-3/h4-6,8-10,12,20,25,30-31H,7,11,13-16,18-19H2,1-3H3/t25-/m0/s1. The first kappa shape index (κ1) is 25.7. The van der Waals surface area contributed by atoms with Crippen LogP contribution in [0.5, 0.6) is 5.75 Å². The van der Waals surface area contributed by atoms with E-state index in [1.807, 2.05) is 6.07 Å². The van der Waals surface area contributed by atoms with Crippen LogP contribution in [0.4, 0.5) is 0 Å². The van der Waals surface area contributed by atoms with Crippen molar-refractivity contribution in [1.29, 1.82) is 5.26 Å². The second-order valence-electron chi connectivity index (χ2n) is 9.81. The highest BCUT2D eigenvalue weighted by Crippen LogP contribution is 2.32. The number of rotatable bonds is 12. The van der Waals surface area contributed by atoms with Crippen LogP contribution in [0.15, 0.2) is 42.5 Å². The minimum atomic E-state index is -0.713. The van der Waals surface area contributed by atoms with Crippen LogP contribution in [0.2, 0.25) is 0 Å². The summed E-state index contributed by atoms with van der Waals surface area (Å²) in [6.07, 6.45) is 4.02. The number of nitrogens with zero attached hydrogens (tertiary/aromatic N) is 1. The van der Waals surface area contributed by atoms with Crippen molar-refractivity contribution in [2.45, 2.75) is 64.0 Å². The third kappa shape index (κ3) is 7.31. The van der Waals surface area contributed by atoms with Gasteiger partial charge < -0.3 is 19.9 Å². The van der Waals surface area contributed by atoms with Crippen LogP contribution in [0.3, 0.4) is 0 Å². The van der Waals surface area contributed by atoms with Crippen molar-refractivity contribution in [3.63, 3.8) is 0 Å². The van der Waals surface area contributed by atoms with E-state index < -0.39 is 6.10 Å². The maximum atomic E-state index is 11.4. The molecular formula is C28H36N2O4. The highest BCUT2D eigenvalue weighted by molar-refractivity contribution is 5.69. The van der Waals surface area contributed by atoms with E-state index in [4.69, 9.17) is 9.47 Å². The first-order valence-electron chi connectivity index (χ1n) is 12.0. The molecule has 0 saturated heterocycles. The number of aliphatic hydroxyl groups excluding tert-OH is 1. The highest BCUT2D eigenvalue weighted by atomic mass is 16.5. The van der Waals surface area contributed by atoms with Crippen molar-refractivity contribution in [3.05, 3.63) is 64.7 Å². The molecule has 0 fully saturated rings. The molecule has 2 N–H and O–H groups in total. The second-order valence-corrected chi connectivity index (χ2v) is 9.81. The molecule has 0 heterocycles. The minimum Gasteiger partial charge on any atom is -0.489 e. The molecule has 6 heteroatoms. The first-order chi connectivity index (χ1) is 16.3. The van der Waals surface area contributed by atoms with Gasteiger partial charge in [0.15, 0.2) is 0 Å². The van der Waals surface area contributed by atoms with Crippen LogP contribution < -0.4 is 10.1 Å². The number of esters is 1. The van der Waals surface area contributed by atoms with Gasteiger partial charge in [-0.1, -0.05) is 36.4 Å². The summed E-state index contributed by atoms with van der Waals surface area (Å²) < 4.78 is 10.6. The Kier molecular flexibility index (Phi) is 9.09. The maximum absolute atomic E-state index is 11.4. The summed E-state index contributed by atoms with van der Waals surface area (Å²) in [6.45, 7) is 4.83. The topological polar surface area (TPSA) is 91.6 Å². The number of β-amino-alcohol motifs (C(OH)–C–C–N with tert-alkyl or cyclic N) is 1. The summed E-state index contributed by atoms with van der Waals surface area (Å²) in [7, 11) is 1.37.